The van der Waals surface area contributed by atoms with Crippen molar-refractivity contribution in [1.29, 1.82) is 0 Å². The van der Waals surface area contributed by atoms with Crippen LogP contribution in [-0.2, 0) is 13.0 Å². The van der Waals surface area contributed by atoms with Crippen LogP contribution < -0.4 is 10.1 Å². The van der Waals surface area contributed by atoms with Crippen LogP contribution in [0.4, 0.5) is 10.1 Å². The largest absolute Gasteiger partial charge is 0.493 e. The Bertz CT molecular complexity index is 615. The van der Waals surface area contributed by atoms with E-state index < -0.39 is 0 Å². The highest BCUT2D eigenvalue weighted by Crippen LogP contribution is 2.26. The van der Waals surface area contributed by atoms with Crippen LogP contribution in [0.1, 0.15) is 11.1 Å². The van der Waals surface area contributed by atoms with Gasteiger partial charge in [-0.2, -0.15) is 0 Å². The maximum absolute atomic E-state index is 13.6. The Balaban J connectivity index is 1.74. The summed E-state index contributed by atoms with van der Waals surface area (Å²) in [5.74, 6) is 0.727. The number of fused-ring (bicyclic) bond motifs is 1. The molecular formula is C15H13BrFNO. The summed E-state index contributed by atoms with van der Waals surface area (Å²) in [5, 5.41) is 3.12. The van der Waals surface area contributed by atoms with Crippen molar-refractivity contribution in [1.82, 2.24) is 0 Å². The molecule has 0 aliphatic carbocycles. The molecule has 0 amide bonds. The summed E-state index contributed by atoms with van der Waals surface area (Å²) >= 11 is 3.34. The monoisotopic (exact) mass is 321 g/mol. The summed E-state index contributed by atoms with van der Waals surface area (Å²) in [4.78, 5) is 0. The highest BCUT2D eigenvalue weighted by molar-refractivity contribution is 9.10. The van der Waals surface area contributed by atoms with Crippen LogP contribution in [0, 0.1) is 5.82 Å². The zero-order valence-electron chi connectivity index (χ0n) is 10.2. The Morgan fingerprint density at radius 1 is 1.21 bits per heavy atom. The van der Waals surface area contributed by atoms with Crippen molar-refractivity contribution in [2.45, 2.75) is 13.0 Å². The van der Waals surface area contributed by atoms with Gasteiger partial charge in [-0.25, -0.2) is 4.39 Å². The highest BCUT2D eigenvalue weighted by atomic mass is 79.9. The lowest BCUT2D eigenvalue weighted by molar-refractivity contribution is 0.357. The van der Waals surface area contributed by atoms with Crippen molar-refractivity contribution < 1.29 is 9.13 Å². The molecule has 1 aliphatic heterocycles. The quantitative estimate of drug-likeness (QED) is 0.917. The average molecular weight is 322 g/mol. The Morgan fingerprint density at radius 3 is 3.00 bits per heavy atom. The number of rotatable bonds is 3. The van der Waals surface area contributed by atoms with E-state index in [-0.39, 0.29) is 5.82 Å². The summed E-state index contributed by atoms with van der Waals surface area (Å²) in [6.45, 7) is 1.35. The highest BCUT2D eigenvalue weighted by Gasteiger charge is 2.12. The first-order valence-corrected chi connectivity index (χ1v) is 6.95. The van der Waals surface area contributed by atoms with Gasteiger partial charge < -0.3 is 10.1 Å². The van der Waals surface area contributed by atoms with Gasteiger partial charge in [-0.3, -0.25) is 0 Å². The van der Waals surface area contributed by atoms with Crippen LogP contribution in [0.5, 0.6) is 5.75 Å². The van der Waals surface area contributed by atoms with Gasteiger partial charge in [-0.05, 0) is 35.4 Å². The molecule has 0 saturated carbocycles. The van der Waals surface area contributed by atoms with Gasteiger partial charge in [0, 0.05) is 17.4 Å². The van der Waals surface area contributed by atoms with Gasteiger partial charge in [0.15, 0.2) is 0 Å². The number of nitrogens with one attached hydrogen (secondary N) is 1. The van der Waals surface area contributed by atoms with Crippen LogP contribution in [0.3, 0.4) is 0 Å². The van der Waals surface area contributed by atoms with Gasteiger partial charge in [0.05, 0.1) is 12.3 Å². The lowest BCUT2D eigenvalue weighted by Gasteiger charge is -2.09. The molecule has 2 nitrogen and oxygen atoms in total. The molecule has 0 radical (unpaired) electrons. The summed E-state index contributed by atoms with van der Waals surface area (Å²) in [5.41, 5.74) is 2.86. The number of hydrogen-bond donors (Lipinski definition) is 1. The van der Waals surface area contributed by atoms with E-state index >= 15 is 0 Å². The van der Waals surface area contributed by atoms with E-state index in [0.717, 1.165) is 28.8 Å². The molecule has 0 bridgehead atoms. The normalized spacial score (nSPS) is 12.9. The van der Waals surface area contributed by atoms with Crippen molar-refractivity contribution in [3.8, 4) is 5.75 Å². The fourth-order valence-electron chi connectivity index (χ4n) is 2.18. The third-order valence-electron chi connectivity index (χ3n) is 3.17. The molecule has 0 spiro atoms. The van der Waals surface area contributed by atoms with Crippen molar-refractivity contribution in [2.75, 3.05) is 11.9 Å². The van der Waals surface area contributed by atoms with Gasteiger partial charge in [0.2, 0.25) is 0 Å². The first kappa shape index (κ1) is 12.5. The standard InChI is InChI=1S/C15H13BrFNO/c16-12-2-3-13(17)14(8-12)18-9-10-1-4-15-11(7-10)5-6-19-15/h1-4,7-8,18H,5-6,9H2. The fourth-order valence-corrected chi connectivity index (χ4v) is 2.54. The van der Waals surface area contributed by atoms with Crippen molar-refractivity contribution in [3.63, 3.8) is 0 Å². The zero-order valence-corrected chi connectivity index (χ0v) is 11.8. The number of ether oxygens (including phenoxy) is 1. The van der Waals surface area contributed by atoms with E-state index in [1.54, 1.807) is 12.1 Å². The fraction of sp³-hybridized carbons (Fsp3) is 0.200. The van der Waals surface area contributed by atoms with E-state index in [1.807, 2.05) is 12.1 Å². The van der Waals surface area contributed by atoms with E-state index in [1.165, 1.54) is 11.6 Å². The molecule has 19 heavy (non-hydrogen) atoms. The number of benzene rings is 2. The molecule has 0 saturated heterocycles. The first-order valence-electron chi connectivity index (χ1n) is 6.16. The molecule has 4 heteroatoms. The van der Waals surface area contributed by atoms with E-state index in [4.69, 9.17) is 4.74 Å². The van der Waals surface area contributed by atoms with Gasteiger partial charge in [0.25, 0.3) is 0 Å². The number of halogens is 2. The second-order valence-corrected chi connectivity index (χ2v) is 5.43. The minimum absolute atomic E-state index is 0.243. The van der Waals surface area contributed by atoms with E-state index in [9.17, 15) is 4.39 Å². The predicted molar refractivity (Wildman–Crippen MR) is 77.1 cm³/mol. The molecule has 3 rings (SSSR count). The van der Waals surface area contributed by atoms with Crippen molar-refractivity contribution >= 4 is 21.6 Å². The van der Waals surface area contributed by atoms with Crippen LogP contribution in [0.2, 0.25) is 0 Å². The summed E-state index contributed by atoms with van der Waals surface area (Å²) in [6, 6.07) is 11.0. The zero-order chi connectivity index (χ0) is 13.2. The minimum Gasteiger partial charge on any atom is -0.493 e. The summed E-state index contributed by atoms with van der Waals surface area (Å²) in [6.07, 6.45) is 0.953. The Hall–Kier alpha value is -1.55. The SMILES string of the molecule is Fc1ccc(Br)cc1NCc1ccc2c(c1)CCO2. The van der Waals surface area contributed by atoms with Crippen LogP contribution >= 0.6 is 15.9 Å². The Morgan fingerprint density at radius 2 is 2.11 bits per heavy atom. The number of anilines is 1. The molecule has 0 atom stereocenters. The van der Waals surface area contributed by atoms with Crippen molar-refractivity contribution in [2.24, 2.45) is 0 Å². The summed E-state index contributed by atoms with van der Waals surface area (Å²) in [7, 11) is 0. The maximum atomic E-state index is 13.6. The van der Waals surface area contributed by atoms with Crippen LogP contribution in [0.15, 0.2) is 40.9 Å². The molecule has 2 aromatic rings. The molecule has 0 fully saturated rings. The maximum Gasteiger partial charge on any atom is 0.146 e. The third-order valence-corrected chi connectivity index (χ3v) is 3.66. The minimum atomic E-state index is -0.243. The molecular weight excluding hydrogens is 309 g/mol. The van der Waals surface area contributed by atoms with Gasteiger partial charge >= 0.3 is 0 Å². The third kappa shape index (κ3) is 2.73. The summed E-state index contributed by atoms with van der Waals surface area (Å²) < 4.78 is 19.9. The Kier molecular flexibility index (Phi) is 3.42. The average Bonchev–Trinajstić information content (AvgIpc) is 2.87. The molecule has 2 aromatic carbocycles. The first-order chi connectivity index (χ1) is 9.22. The molecule has 98 valence electrons. The van der Waals surface area contributed by atoms with Crippen molar-refractivity contribution in [3.05, 3.63) is 57.8 Å². The van der Waals surface area contributed by atoms with E-state index in [0.29, 0.717) is 12.2 Å². The van der Waals surface area contributed by atoms with Gasteiger partial charge in [0.1, 0.15) is 11.6 Å². The molecule has 0 aromatic heterocycles. The Labute approximate surface area is 119 Å². The lowest BCUT2D eigenvalue weighted by Crippen LogP contribution is -2.01. The van der Waals surface area contributed by atoms with Crippen LogP contribution in [-0.4, -0.2) is 6.61 Å². The second-order valence-electron chi connectivity index (χ2n) is 4.52. The predicted octanol–water partition coefficient (Wildman–Crippen LogP) is 4.14. The number of hydrogen-bond acceptors (Lipinski definition) is 2. The molecule has 1 heterocycles. The second kappa shape index (κ2) is 5.21. The molecule has 1 N–H and O–H groups in total. The molecule has 0 unspecified atom stereocenters. The topological polar surface area (TPSA) is 21.3 Å². The van der Waals surface area contributed by atoms with Gasteiger partial charge in [-0.1, -0.05) is 28.1 Å². The smallest absolute Gasteiger partial charge is 0.146 e. The van der Waals surface area contributed by atoms with Gasteiger partial charge in [-0.15, -0.1) is 0 Å². The van der Waals surface area contributed by atoms with Crippen LogP contribution in [0.25, 0.3) is 0 Å². The lowest BCUT2D eigenvalue weighted by atomic mass is 10.1. The molecule has 1 aliphatic rings. The van der Waals surface area contributed by atoms with E-state index in [2.05, 4.69) is 27.3 Å².